The van der Waals surface area contributed by atoms with Gasteiger partial charge in [0.2, 0.25) is 11.0 Å². The molecule has 146 valence electrons. The van der Waals surface area contributed by atoms with Crippen LogP contribution in [0.5, 0.6) is 5.75 Å². The van der Waals surface area contributed by atoms with Gasteiger partial charge in [0.15, 0.2) is 4.34 Å². The Balaban J connectivity index is 1.53. The molecule has 3 aromatic rings. The Morgan fingerprint density at radius 1 is 1.21 bits per heavy atom. The molecule has 0 aliphatic carbocycles. The Morgan fingerprint density at radius 2 is 1.96 bits per heavy atom. The number of carbonyl (C=O) groups is 1. The predicted molar refractivity (Wildman–Crippen MR) is 110 cm³/mol. The van der Waals surface area contributed by atoms with E-state index >= 15 is 0 Å². The number of aromatic nitrogens is 2. The normalized spacial score (nSPS) is 11.7. The number of ether oxygens (including phenoxy) is 1. The van der Waals surface area contributed by atoms with Gasteiger partial charge in [-0.1, -0.05) is 47.4 Å². The molecular weight excluding hydrogens is 399 g/mol. The van der Waals surface area contributed by atoms with Crippen molar-refractivity contribution in [2.45, 2.75) is 23.1 Å². The number of anilines is 2. The van der Waals surface area contributed by atoms with Crippen LogP contribution in [-0.2, 0) is 11.3 Å². The van der Waals surface area contributed by atoms with Gasteiger partial charge in [-0.2, -0.15) is 0 Å². The minimum atomic E-state index is -0.340. The van der Waals surface area contributed by atoms with Crippen LogP contribution in [0.2, 0.25) is 0 Å². The molecule has 0 saturated carbocycles. The molecule has 3 rings (SSSR count). The molecule has 0 aliphatic heterocycles. The standard InChI is InChI=1S/C19H19FN4O2S2/c1-12(17(25)21-11-13-7-9-14(20)10-8-13)27-19-24-23-18(28-19)22-15-5-3-4-6-16(15)26-2/h3-10,12H,11H2,1-2H3,(H,21,25)(H,22,23). The molecule has 0 saturated heterocycles. The summed E-state index contributed by atoms with van der Waals surface area (Å²) in [5, 5.41) is 14.5. The van der Waals surface area contributed by atoms with E-state index in [4.69, 9.17) is 4.74 Å². The molecule has 1 unspecified atom stereocenters. The van der Waals surface area contributed by atoms with Gasteiger partial charge in [-0.15, -0.1) is 10.2 Å². The largest absolute Gasteiger partial charge is 0.495 e. The Morgan fingerprint density at radius 3 is 2.71 bits per heavy atom. The van der Waals surface area contributed by atoms with E-state index in [1.165, 1.54) is 35.2 Å². The number of hydrogen-bond acceptors (Lipinski definition) is 7. The number of thioether (sulfide) groups is 1. The number of benzene rings is 2. The zero-order chi connectivity index (χ0) is 19.9. The highest BCUT2D eigenvalue weighted by Crippen LogP contribution is 2.32. The first kappa shape index (κ1) is 20.1. The van der Waals surface area contributed by atoms with Crippen LogP contribution in [0.15, 0.2) is 52.9 Å². The summed E-state index contributed by atoms with van der Waals surface area (Å²) in [7, 11) is 1.61. The summed E-state index contributed by atoms with van der Waals surface area (Å²) < 4.78 is 18.9. The molecule has 6 nitrogen and oxygen atoms in total. The average Bonchev–Trinajstić information content (AvgIpc) is 3.14. The highest BCUT2D eigenvalue weighted by Gasteiger charge is 2.17. The summed E-state index contributed by atoms with van der Waals surface area (Å²) in [6, 6.07) is 13.6. The first-order valence-electron chi connectivity index (χ1n) is 8.47. The number of nitrogens with zero attached hydrogens (tertiary/aromatic N) is 2. The van der Waals surface area contributed by atoms with Gasteiger partial charge in [0.1, 0.15) is 11.6 Å². The van der Waals surface area contributed by atoms with Crippen molar-refractivity contribution >= 4 is 39.8 Å². The monoisotopic (exact) mass is 418 g/mol. The lowest BCUT2D eigenvalue weighted by molar-refractivity contribution is -0.120. The van der Waals surface area contributed by atoms with Gasteiger partial charge in [-0.05, 0) is 36.8 Å². The zero-order valence-corrected chi connectivity index (χ0v) is 16.9. The number of rotatable bonds is 8. The van der Waals surface area contributed by atoms with Crippen LogP contribution in [0.3, 0.4) is 0 Å². The third kappa shape index (κ3) is 5.43. The Kier molecular flexibility index (Phi) is 6.83. The maximum absolute atomic E-state index is 12.9. The summed E-state index contributed by atoms with van der Waals surface area (Å²) >= 11 is 2.69. The number of carbonyl (C=O) groups excluding carboxylic acids is 1. The number of para-hydroxylation sites is 2. The maximum atomic E-state index is 12.9. The first-order valence-corrected chi connectivity index (χ1v) is 10.2. The van der Waals surface area contributed by atoms with Crippen molar-refractivity contribution in [3.05, 3.63) is 59.9 Å². The Labute approximate surface area is 170 Å². The third-order valence-electron chi connectivity index (χ3n) is 3.78. The number of nitrogens with one attached hydrogen (secondary N) is 2. The topological polar surface area (TPSA) is 76.1 Å². The minimum Gasteiger partial charge on any atom is -0.495 e. The van der Waals surface area contributed by atoms with Gasteiger partial charge >= 0.3 is 0 Å². The lowest BCUT2D eigenvalue weighted by Crippen LogP contribution is -2.30. The van der Waals surface area contributed by atoms with Gasteiger partial charge in [0, 0.05) is 6.54 Å². The van der Waals surface area contributed by atoms with E-state index < -0.39 is 0 Å². The Hall–Kier alpha value is -2.65. The second kappa shape index (κ2) is 9.52. The molecule has 1 atom stereocenters. The summed E-state index contributed by atoms with van der Waals surface area (Å²) in [6.45, 7) is 2.15. The van der Waals surface area contributed by atoms with Gasteiger partial charge in [0.25, 0.3) is 0 Å². The maximum Gasteiger partial charge on any atom is 0.233 e. The third-order valence-corrected chi connectivity index (χ3v) is 5.80. The fraction of sp³-hybridized carbons (Fsp3) is 0.211. The van der Waals surface area contributed by atoms with E-state index in [1.54, 1.807) is 26.2 Å². The molecule has 28 heavy (non-hydrogen) atoms. The molecule has 1 aromatic heterocycles. The van der Waals surface area contributed by atoms with Crippen molar-refractivity contribution in [1.29, 1.82) is 0 Å². The molecule has 0 radical (unpaired) electrons. The van der Waals surface area contributed by atoms with Crippen molar-refractivity contribution in [3.8, 4) is 5.75 Å². The zero-order valence-electron chi connectivity index (χ0n) is 15.3. The predicted octanol–water partition coefficient (Wildman–Crippen LogP) is 4.23. The number of halogens is 1. The molecule has 1 heterocycles. The van der Waals surface area contributed by atoms with E-state index in [-0.39, 0.29) is 17.0 Å². The molecule has 1 amide bonds. The molecule has 0 aliphatic rings. The van der Waals surface area contributed by atoms with E-state index in [9.17, 15) is 9.18 Å². The van der Waals surface area contributed by atoms with Crippen LogP contribution >= 0.6 is 23.1 Å². The van der Waals surface area contributed by atoms with Crippen LogP contribution in [0.1, 0.15) is 12.5 Å². The van der Waals surface area contributed by atoms with E-state index in [0.29, 0.717) is 21.8 Å². The van der Waals surface area contributed by atoms with Crippen molar-refractivity contribution in [3.63, 3.8) is 0 Å². The highest BCUT2D eigenvalue weighted by atomic mass is 32.2. The van der Waals surface area contributed by atoms with Crippen LogP contribution in [0.4, 0.5) is 15.2 Å². The summed E-state index contributed by atoms with van der Waals surface area (Å²) in [4.78, 5) is 12.3. The smallest absolute Gasteiger partial charge is 0.233 e. The Bertz CT molecular complexity index is 934. The van der Waals surface area contributed by atoms with Crippen molar-refractivity contribution in [2.75, 3.05) is 12.4 Å². The van der Waals surface area contributed by atoms with E-state index in [2.05, 4.69) is 20.8 Å². The molecule has 2 aromatic carbocycles. The molecule has 0 fully saturated rings. The van der Waals surface area contributed by atoms with E-state index in [0.717, 1.165) is 11.3 Å². The van der Waals surface area contributed by atoms with E-state index in [1.807, 2.05) is 24.3 Å². The van der Waals surface area contributed by atoms with Gasteiger partial charge in [-0.3, -0.25) is 4.79 Å². The molecule has 0 bridgehead atoms. The van der Waals surface area contributed by atoms with Crippen LogP contribution in [0.25, 0.3) is 0 Å². The van der Waals surface area contributed by atoms with Crippen LogP contribution < -0.4 is 15.4 Å². The number of amides is 1. The SMILES string of the molecule is COc1ccccc1Nc1nnc(SC(C)C(=O)NCc2ccc(F)cc2)s1. The second-order valence-corrected chi connectivity index (χ2v) is 8.37. The second-order valence-electron chi connectivity index (χ2n) is 5.80. The van der Waals surface area contributed by atoms with Gasteiger partial charge in [0.05, 0.1) is 18.0 Å². The quantitative estimate of drug-likeness (QED) is 0.533. The van der Waals surface area contributed by atoms with Crippen molar-refractivity contribution < 1.29 is 13.9 Å². The lowest BCUT2D eigenvalue weighted by Gasteiger charge is -2.10. The van der Waals surface area contributed by atoms with Crippen molar-refractivity contribution in [1.82, 2.24) is 15.5 Å². The van der Waals surface area contributed by atoms with Gasteiger partial charge in [-0.25, -0.2) is 4.39 Å². The lowest BCUT2D eigenvalue weighted by atomic mass is 10.2. The number of hydrogen-bond donors (Lipinski definition) is 2. The van der Waals surface area contributed by atoms with Gasteiger partial charge < -0.3 is 15.4 Å². The molecular formula is C19H19FN4O2S2. The highest BCUT2D eigenvalue weighted by molar-refractivity contribution is 8.02. The average molecular weight is 419 g/mol. The fourth-order valence-corrected chi connectivity index (χ4v) is 4.24. The molecule has 0 spiro atoms. The minimum absolute atomic E-state index is 0.122. The number of methoxy groups -OCH3 is 1. The fourth-order valence-electron chi connectivity index (χ4n) is 2.31. The summed E-state index contributed by atoms with van der Waals surface area (Å²) in [5.74, 6) is 0.289. The summed E-state index contributed by atoms with van der Waals surface area (Å²) in [5.41, 5.74) is 1.63. The molecule has 2 N–H and O–H groups in total. The van der Waals surface area contributed by atoms with Crippen molar-refractivity contribution in [2.24, 2.45) is 0 Å². The summed E-state index contributed by atoms with van der Waals surface area (Å²) in [6.07, 6.45) is 0. The van der Waals surface area contributed by atoms with Crippen LogP contribution in [0, 0.1) is 5.82 Å². The molecule has 9 heteroatoms. The first-order chi connectivity index (χ1) is 13.5. The van der Waals surface area contributed by atoms with Crippen LogP contribution in [-0.4, -0.2) is 28.5 Å².